The van der Waals surface area contributed by atoms with Gasteiger partial charge in [-0.2, -0.15) is 0 Å². The predicted molar refractivity (Wildman–Crippen MR) is 395 cm³/mol. The molecule has 0 aliphatic carbocycles. The van der Waals surface area contributed by atoms with Crippen molar-refractivity contribution in [3.63, 3.8) is 0 Å². The molecule has 97 heavy (non-hydrogen) atoms. The lowest BCUT2D eigenvalue weighted by atomic mass is 10.0. The normalized spacial score (nSPS) is 14.0. The molecule has 0 amide bonds. The molecule has 0 spiro atoms. The summed E-state index contributed by atoms with van der Waals surface area (Å²) in [5, 5.41) is 10.6. The van der Waals surface area contributed by atoms with Crippen molar-refractivity contribution in [3.8, 4) is 0 Å². The van der Waals surface area contributed by atoms with Crippen LogP contribution in [0.2, 0.25) is 0 Å². The third-order valence-corrected chi connectivity index (χ3v) is 20.1. The highest BCUT2D eigenvalue weighted by atomic mass is 31.2. The number of unbranched alkanes of at least 4 members (excludes halogenated alkanes) is 47. The SMILES string of the molecule is CCCCCCCCCCCCCCCCCCC(=O)O[C@H](COC(=O)CCCCCCCCCCCCCCCCC)COP(=O)(O)OC[C@@H](O)COP(=O)(O)OC[C@@H](COC(=O)CCCCCCCCCCCCC(C)C)OC(=O)CCCCCCCCCCCCC(C)C. The van der Waals surface area contributed by atoms with Gasteiger partial charge in [0.25, 0.3) is 0 Å². The standard InChI is InChI=1S/C78H152O17P2/c1-7-9-11-13-15-17-19-21-23-25-27-29-38-44-50-56-62-77(82)94-73(66-88-75(80)60-54-48-42-36-28-26-24-22-20-18-16-14-12-10-8-2)68-92-96(84,85)90-64-72(79)65-91-97(86,87)93-69-74(95-78(83)63-57-51-45-39-33-31-35-41-47-53-59-71(5)6)67-89-76(81)61-55-49-43-37-32-30-34-40-46-52-58-70(3)4/h70-74,79H,7-69H2,1-6H3,(H,84,85)(H,86,87)/t72-,73-,74-/m1/s1. The molecule has 0 aromatic heterocycles. The fraction of sp³-hybridized carbons (Fsp3) is 0.949. The highest BCUT2D eigenvalue weighted by molar-refractivity contribution is 7.47. The summed E-state index contributed by atoms with van der Waals surface area (Å²) in [6.45, 7) is 9.61. The second-order valence-corrected chi connectivity index (χ2v) is 32.0. The second kappa shape index (κ2) is 69.8. The van der Waals surface area contributed by atoms with Crippen LogP contribution in [0.25, 0.3) is 0 Å². The third-order valence-electron chi connectivity index (χ3n) is 18.2. The Morgan fingerprint density at radius 1 is 0.278 bits per heavy atom. The molecule has 3 N–H and O–H groups in total. The summed E-state index contributed by atoms with van der Waals surface area (Å²) in [4.78, 5) is 72.9. The predicted octanol–water partition coefficient (Wildman–Crippen LogP) is 23.1. The van der Waals surface area contributed by atoms with Crippen molar-refractivity contribution >= 4 is 39.5 Å². The van der Waals surface area contributed by atoms with Gasteiger partial charge in [-0.05, 0) is 37.5 Å². The first-order valence-electron chi connectivity index (χ1n) is 40.5. The van der Waals surface area contributed by atoms with Gasteiger partial charge in [-0.25, -0.2) is 9.13 Å². The Hall–Kier alpha value is -1.94. The summed E-state index contributed by atoms with van der Waals surface area (Å²) in [5.74, 6) is -0.600. The number of rotatable bonds is 77. The van der Waals surface area contributed by atoms with E-state index in [1.807, 2.05) is 0 Å². The van der Waals surface area contributed by atoms with Gasteiger partial charge in [-0.15, -0.1) is 0 Å². The summed E-state index contributed by atoms with van der Waals surface area (Å²) in [6, 6.07) is 0. The molecule has 19 heteroatoms. The number of carbonyl (C=O) groups excluding carboxylic acids is 4. The molecule has 2 unspecified atom stereocenters. The first-order chi connectivity index (χ1) is 46.9. The highest BCUT2D eigenvalue weighted by Gasteiger charge is 2.30. The van der Waals surface area contributed by atoms with Gasteiger partial charge in [-0.1, -0.05) is 356 Å². The minimum atomic E-state index is -4.96. The zero-order chi connectivity index (χ0) is 71.4. The molecule has 0 fully saturated rings. The van der Waals surface area contributed by atoms with Gasteiger partial charge in [0.2, 0.25) is 0 Å². The van der Waals surface area contributed by atoms with Crippen molar-refractivity contribution in [2.45, 2.75) is 426 Å². The maximum atomic E-state index is 13.1. The van der Waals surface area contributed by atoms with Crippen LogP contribution in [0.15, 0.2) is 0 Å². The quantitative estimate of drug-likeness (QED) is 0.0222. The van der Waals surface area contributed by atoms with Crippen molar-refractivity contribution in [1.29, 1.82) is 0 Å². The third kappa shape index (κ3) is 72.2. The number of hydrogen-bond acceptors (Lipinski definition) is 15. The van der Waals surface area contributed by atoms with E-state index in [-0.39, 0.29) is 25.7 Å². The Kier molecular flexibility index (Phi) is 68.4. The van der Waals surface area contributed by atoms with E-state index in [1.54, 1.807) is 0 Å². The van der Waals surface area contributed by atoms with E-state index in [0.717, 1.165) is 102 Å². The summed E-state index contributed by atoms with van der Waals surface area (Å²) >= 11 is 0. The maximum Gasteiger partial charge on any atom is 0.472 e. The van der Waals surface area contributed by atoms with Crippen molar-refractivity contribution < 1.29 is 80.2 Å². The van der Waals surface area contributed by atoms with Crippen LogP contribution in [-0.2, 0) is 65.4 Å². The van der Waals surface area contributed by atoms with Crippen LogP contribution in [0, 0.1) is 11.8 Å². The number of esters is 4. The van der Waals surface area contributed by atoms with Crippen LogP contribution in [0.1, 0.15) is 408 Å². The molecule has 0 aliphatic rings. The number of ether oxygens (including phenoxy) is 4. The van der Waals surface area contributed by atoms with E-state index in [9.17, 15) is 43.2 Å². The highest BCUT2D eigenvalue weighted by Crippen LogP contribution is 2.45. The summed E-state index contributed by atoms with van der Waals surface area (Å²) in [7, 11) is -9.92. The minimum Gasteiger partial charge on any atom is -0.462 e. The van der Waals surface area contributed by atoms with Crippen LogP contribution in [-0.4, -0.2) is 96.7 Å². The minimum absolute atomic E-state index is 0.106. The molecular weight excluding hydrogens is 1270 g/mol. The Balaban J connectivity index is 5.27. The van der Waals surface area contributed by atoms with Crippen molar-refractivity contribution in [1.82, 2.24) is 0 Å². The summed E-state index contributed by atoms with van der Waals surface area (Å²) in [5.41, 5.74) is 0. The van der Waals surface area contributed by atoms with Gasteiger partial charge < -0.3 is 33.8 Å². The molecule has 0 aromatic rings. The van der Waals surface area contributed by atoms with Crippen LogP contribution >= 0.6 is 15.6 Å². The smallest absolute Gasteiger partial charge is 0.462 e. The molecule has 0 saturated heterocycles. The number of hydrogen-bond donors (Lipinski definition) is 3. The van der Waals surface area contributed by atoms with Gasteiger partial charge >= 0.3 is 39.5 Å². The van der Waals surface area contributed by atoms with Crippen LogP contribution in [0.3, 0.4) is 0 Å². The monoisotopic (exact) mass is 1420 g/mol. The Labute approximate surface area is 594 Å². The van der Waals surface area contributed by atoms with E-state index < -0.39 is 97.5 Å². The zero-order valence-electron chi connectivity index (χ0n) is 63.4. The summed E-state index contributed by atoms with van der Waals surface area (Å²) in [6.07, 6.45) is 58.1. The fourth-order valence-corrected chi connectivity index (χ4v) is 13.6. The molecule has 0 bridgehead atoms. The van der Waals surface area contributed by atoms with Crippen molar-refractivity contribution in [3.05, 3.63) is 0 Å². The second-order valence-electron chi connectivity index (χ2n) is 29.1. The topological polar surface area (TPSA) is 237 Å². The molecule has 0 radical (unpaired) electrons. The molecular formula is C78H152O17P2. The number of carbonyl (C=O) groups is 4. The van der Waals surface area contributed by atoms with Crippen molar-refractivity contribution in [2.75, 3.05) is 39.6 Å². The van der Waals surface area contributed by atoms with Crippen molar-refractivity contribution in [2.24, 2.45) is 11.8 Å². The number of aliphatic hydroxyl groups is 1. The van der Waals surface area contributed by atoms with E-state index in [0.29, 0.717) is 25.7 Å². The Morgan fingerprint density at radius 2 is 0.474 bits per heavy atom. The largest absolute Gasteiger partial charge is 0.472 e. The zero-order valence-corrected chi connectivity index (χ0v) is 65.2. The van der Waals surface area contributed by atoms with Crippen LogP contribution in [0.4, 0.5) is 0 Å². The molecule has 0 heterocycles. The van der Waals surface area contributed by atoms with Gasteiger partial charge in [0.15, 0.2) is 12.2 Å². The number of phosphoric acid groups is 2. The molecule has 0 saturated carbocycles. The molecule has 5 atom stereocenters. The lowest BCUT2D eigenvalue weighted by Crippen LogP contribution is -2.30. The number of aliphatic hydroxyl groups excluding tert-OH is 1. The van der Waals surface area contributed by atoms with E-state index in [2.05, 4.69) is 41.5 Å². The first kappa shape index (κ1) is 95.1. The maximum absolute atomic E-state index is 13.1. The average Bonchev–Trinajstić information content (AvgIpc) is 1.01. The van der Waals surface area contributed by atoms with Gasteiger partial charge in [0.05, 0.1) is 26.4 Å². The molecule has 0 aromatic carbocycles. The number of phosphoric ester groups is 2. The molecule has 0 aliphatic heterocycles. The first-order valence-corrected chi connectivity index (χ1v) is 43.5. The Morgan fingerprint density at radius 3 is 0.701 bits per heavy atom. The average molecular weight is 1420 g/mol. The van der Waals surface area contributed by atoms with Crippen LogP contribution in [0.5, 0.6) is 0 Å². The fourth-order valence-electron chi connectivity index (χ4n) is 12.0. The Bertz CT molecular complexity index is 1870. The lowest BCUT2D eigenvalue weighted by Gasteiger charge is -2.21. The molecule has 0 rings (SSSR count). The van der Waals surface area contributed by atoms with E-state index in [1.165, 1.54) is 225 Å². The van der Waals surface area contributed by atoms with E-state index in [4.69, 9.17) is 37.0 Å². The van der Waals surface area contributed by atoms with Gasteiger partial charge in [0.1, 0.15) is 19.3 Å². The van der Waals surface area contributed by atoms with E-state index >= 15 is 0 Å². The van der Waals surface area contributed by atoms with Crippen LogP contribution < -0.4 is 0 Å². The van der Waals surface area contributed by atoms with Gasteiger partial charge in [-0.3, -0.25) is 37.3 Å². The van der Waals surface area contributed by atoms with Gasteiger partial charge in [0, 0.05) is 25.7 Å². The lowest BCUT2D eigenvalue weighted by molar-refractivity contribution is -0.161. The molecule has 17 nitrogen and oxygen atoms in total. The molecule has 576 valence electrons. The summed E-state index contributed by atoms with van der Waals surface area (Å²) < 4.78 is 68.7.